The van der Waals surface area contributed by atoms with E-state index in [4.69, 9.17) is 5.11 Å². The highest BCUT2D eigenvalue weighted by Crippen LogP contribution is 2.44. The van der Waals surface area contributed by atoms with Crippen molar-refractivity contribution in [3.63, 3.8) is 0 Å². The molecule has 0 bridgehead atoms. The fourth-order valence-electron chi connectivity index (χ4n) is 0.858. The summed E-state index contributed by atoms with van der Waals surface area (Å²) in [5.41, 5.74) is -5.28. The molecule has 15 heavy (non-hydrogen) atoms. The Morgan fingerprint density at radius 3 is 1.33 bits per heavy atom. The molecule has 0 radical (unpaired) electrons. The molecule has 1 N–H and O–H groups in total. The Balaban J connectivity index is 5.54. The fourth-order valence-corrected chi connectivity index (χ4v) is 0.858. The molecule has 0 aliphatic rings. The molecular weight excluding hydrogens is 230 g/mol. The molecule has 0 amide bonds. The number of aliphatic hydroxyl groups is 1. The van der Waals surface area contributed by atoms with Gasteiger partial charge in [0.05, 0.1) is 0 Å². The second-order valence-electron chi connectivity index (χ2n) is 3.22. The normalized spacial score (nSPS) is 14.5. The molecule has 0 unspecified atom stereocenters. The Kier molecular flexibility index (Phi) is 3.46. The third kappa shape index (κ3) is 2.24. The molecule has 0 aliphatic heterocycles. The molecule has 0 heterocycles. The van der Waals surface area contributed by atoms with Gasteiger partial charge in [0, 0.05) is 5.92 Å². The minimum absolute atomic E-state index is 0.838. The van der Waals surface area contributed by atoms with Crippen LogP contribution in [-0.4, -0.2) is 28.8 Å². The van der Waals surface area contributed by atoms with Gasteiger partial charge in [-0.1, -0.05) is 13.8 Å². The quantitative estimate of drug-likeness (QED) is 0.747. The van der Waals surface area contributed by atoms with Gasteiger partial charge in [0.25, 0.3) is 0 Å². The number of carbonyl (C=O) groups is 1. The van der Waals surface area contributed by atoms with Gasteiger partial charge in [0.2, 0.25) is 0 Å². The van der Waals surface area contributed by atoms with E-state index in [0.717, 1.165) is 13.8 Å². The van der Waals surface area contributed by atoms with Crippen molar-refractivity contribution in [2.75, 3.05) is 0 Å². The van der Waals surface area contributed by atoms with E-state index in [1.54, 1.807) is 0 Å². The van der Waals surface area contributed by atoms with Crippen molar-refractivity contribution in [3.05, 3.63) is 0 Å². The van der Waals surface area contributed by atoms with Crippen LogP contribution in [0.3, 0.4) is 0 Å². The van der Waals surface area contributed by atoms with E-state index in [1.165, 1.54) is 0 Å². The topological polar surface area (TPSA) is 37.3 Å². The van der Waals surface area contributed by atoms with Gasteiger partial charge in [0.15, 0.2) is 5.78 Å². The number of Topliss-reactive ketones (excluding diaryl/α,β-unsaturated/α-hetero) is 1. The number of alkyl halides is 6. The zero-order valence-electron chi connectivity index (χ0n) is 7.70. The van der Waals surface area contributed by atoms with Crippen molar-refractivity contribution >= 4 is 5.78 Å². The maximum atomic E-state index is 12.0. The summed E-state index contributed by atoms with van der Waals surface area (Å²) in [6.07, 6.45) is -12.2. The zero-order valence-corrected chi connectivity index (χ0v) is 7.70. The van der Waals surface area contributed by atoms with Crippen LogP contribution in [0, 0.1) is 5.92 Å². The molecule has 0 aromatic heterocycles. The summed E-state index contributed by atoms with van der Waals surface area (Å²) in [6.45, 7) is 1.68. The lowest BCUT2D eigenvalue weighted by atomic mass is 9.89. The zero-order chi connectivity index (χ0) is 12.7. The number of rotatable bonds is 2. The Morgan fingerprint density at radius 1 is 1.00 bits per heavy atom. The standard InChI is InChI=1S/C7H8F6O2/c1-3(2)4(14)5(15,6(8,9)10)7(11,12)13/h3,15H,1-2H3. The Hall–Kier alpha value is -0.790. The first-order valence-corrected chi connectivity index (χ1v) is 3.76. The van der Waals surface area contributed by atoms with E-state index in [1.807, 2.05) is 0 Å². The summed E-state index contributed by atoms with van der Waals surface area (Å²) in [5.74, 6) is -3.90. The summed E-state index contributed by atoms with van der Waals surface area (Å²) in [4.78, 5) is 10.8. The second-order valence-corrected chi connectivity index (χ2v) is 3.22. The first kappa shape index (κ1) is 14.2. The molecule has 0 saturated heterocycles. The summed E-state index contributed by atoms with van der Waals surface area (Å²) < 4.78 is 72.1. The van der Waals surface area contributed by atoms with Crippen LogP contribution in [0.1, 0.15) is 13.8 Å². The average Bonchev–Trinajstić information content (AvgIpc) is 1.96. The van der Waals surface area contributed by atoms with Crippen LogP contribution in [0.4, 0.5) is 26.3 Å². The van der Waals surface area contributed by atoms with Crippen LogP contribution in [0.5, 0.6) is 0 Å². The van der Waals surface area contributed by atoms with Crippen molar-refractivity contribution in [3.8, 4) is 0 Å². The van der Waals surface area contributed by atoms with Crippen molar-refractivity contribution in [2.24, 2.45) is 5.92 Å². The Labute approximate surface area is 80.9 Å². The number of ketones is 1. The Morgan fingerprint density at radius 2 is 1.27 bits per heavy atom. The van der Waals surface area contributed by atoms with Crippen LogP contribution in [0.2, 0.25) is 0 Å². The highest BCUT2D eigenvalue weighted by atomic mass is 19.4. The van der Waals surface area contributed by atoms with Gasteiger partial charge in [-0.3, -0.25) is 4.79 Å². The predicted molar refractivity (Wildman–Crippen MR) is 36.9 cm³/mol. The molecule has 90 valence electrons. The van der Waals surface area contributed by atoms with Crippen molar-refractivity contribution in [1.29, 1.82) is 0 Å². The molecular formula is C7H8F6O2. The lowest BCUT2D eigenvalue weighted by molar-refractivity contribution is -0.350. The minimum atomic E-state index is -6.08. The molecule has 0 aromatic carbocycles. The third-order valence-corrected chi connectivity index (χ3v) is 1.70. The van der Waals surface area contributed by atoms with Crippen LogP contribution in [0.15, 0.2) is 0 Å². The number of hydrogen-bond acceptors (Lipinski definition) is 2. The van der Waals surface area contributed by atoms with E-state index >= 15 is 0 Å². The average molecular weight is 238 g/mol. The minimum Gasteiger partial charge on any atom is -0.367 e. The van der Waals surface area contributed by atoms with Crippen LogP contribution in [0.25, 0.3) is 0 Å². The van der Waals surface area contributed by atoms with Crippen LogP contribution >= 0.6 is 0 Å². The smallest absolute Gasteiger partial charge is 0.367 e. The first-order valence-electron chi connectivity index (χ1n) is 3.76. The van der Waals surface area contributed by atoms with Crippen molar-refractivity contribution < 1.29 is 36.2 Å². The second kappa shape index (κ2) is 3.66. The van der Waals surface area contributed by atoms with Crippen molar-refractivity contribution in [2.45, 2.75) is 31.8 Å². The number of carbonyl (C=O) groups excluding carboxylic acids is 1. The van der Waals surface area contributed by atoms with Gasteiger partial charge in [-0.15, -0.1) is 0 Å². The summed E-state index contributed by atoms with van der Waals surface area (Å²) in [5, 5.41) is 8.52. The van der Waals surface area contributed by atoms with E-state index in [-0.39, 0.29) is 0 Å². The molecule has 0 saturated carbocycles. The predicted octanol–water partition coefficient (Wildman–Crippen LogP) is 2.07. The largest absolute Gasteiger partial charge is 0.433 e. The molecule has 0 aromatic rings. The molecule has 0 atom stereocenters. The summed E-state index contributed by atoms with van der Waals surface area (Å²) in [6, 6.07) is 0. The monoisotopic (exact) mass is 238 g/mol. The van der Waals surface area contributed by atoms with Crippen LogP contribution < -0.4 is 0 Å². The van der Waals surface area contributed by atoms with Gasteiger partial charge in [-0.2, -0.15) is 26.3 Å². The van der Waals surface area contributed by atoms with E-state index in [2.05, 4.69) is 0 Å². The molecule has 0 fully saturated rings. The third-order valence-electron chi connectivity index (χ3n) is 1.70. The van der Waals surface area contributed by atoms with Gasteiger partial charge in [0.1, 0.15) is 0 Å². The van der Waals surface area contributed by atoms with Crippen LogP contribution in [-0.2, 0) is 4.79 Å². The molecule has 2 nitrogen and oxygen atoms in total. The lowest BCUT2D eigenvalue weighted by Gasteiger charge is -2.31. The fraction of sp³-hybridized carbons (Fsp3) is 0.857. The van der Waals surface area contributed by atoms with E-state index < -0.39 is 29.7 Å². The maximum absolute atomic E-state index is 12.0. The van der Waals surface area contributed by atoms with E-state index in [0.29, 0.717) is 0 Å². The number of halogens is 6. The van der Waals surface area contributed by atoms with Gasteiger partial charge >= 0.3 is 18.0 Å². The molecule has 0 rings (SSSR count). The van der Waals surface area contributed by atoms with E-state index in [9.17, 15) is 31.1 Å². The molecule has 0 aliphatic carbocycles. The van der Waals surface area contributed by atoms with Gasteiger partial charge in [-0.05, 0) is 0 Å². The van der Waals surface area contributed by atoms with Gasteiger partial charge < -0.3 is 5.11 Å². The lowest BCUT2D eigenvalue weighted by Crippen LogP contribution is -2.63. The highest BCUT2D eigenvalue weighted by molar-refractivity contribution is 5.90. The first-order chi connectivity index (χ1) is 6.35. The highest BCUT2D eigenvalue weighted by Gasteiger charge is 2.74. The maximum Gasteiger partial charge on any atom is 0.433 e. The van der Waals surface area contributed by atoms with Gasteiger partial charge in [-0.25, -0.2) is 0 Å². The SMILES string of the molecule is CC(C)C(=O)C(O)(C(F)(F)F)C(F)(F)F. The Bertz CT molecular complexity index is 237. The van der Waals surface area contributed by atoms with Crippen molar-refractivity contribution in [1.82, 2.24) is 0 Å². The summed E-state index contributed by atoms with van der Waals surface area (Å²) >= 11 is 0. The molecule has 8 heteroatoms. The summed E-state index contributed by atoms with van der Waals surface area (Å²) in [7, 11) is 0. The number of hydrogen-bond donors (Lipinski definition) is 1. The molecule has 0 spiro atoms.